The van der Waals surface area contributed by atoms with Gasteiger partial charge in [0.15, 0.2) is 0 Å². The Labute approximate surface area is 107 Å². The molecule has 2 aromatic rings. The number of hydrogen-bond acceptors (Lipinski definition) is 5. The highest BCUT2D eigenvalue weighted by Crippen LogP contribution is 2.29. The Hall–Kier alpha value is -0.860. The van der Waals surface area contributed by atoms with E-state index in [1.807, 2.05) is 6.07 Å². The second kappa shape index (κ2) is 5.19. The van der Waals surface area contributed by atoms with Gasteiger partial charge in [0.05, 0.1) is 15.1 Å². The second-order valence-electron chi connectivity index (χ2n) is 3.22. The van der Waals surface area contributed by atoms with Crippen LogP contribution >= 0.6 is 27.3 Å². The summed E-state index contributed by atoms with van der Waals surface area (Å²) in [4.78, 5) is 4.70. The molecule has 0 aliphatic carbocycles. The molecule has 4 nitrogen and oxygen atoms in total. The zero-order valence-electron chi connectivity index (χ0n) is 8.31. The van der Waals surface area contributed by atoms with Crippen molar-refractivity contribution in [2.24, 2.45) is 0 Å². The third-order valence-corrected chi connectivity index (χ3v) is 3.56. The number of aromatic nitrogens is 2. The van der Waals surface area contributed by atoms with Gasteiger partial charge < -0.3 is 9.63 Å². The fourth-order valence-corrected chi connectivity index (χ4v) is 2.45. The zero-order valence-corrected chi connectivity index (χ0v) is 10.7. The Morgan fingerprint density at radius 1 is 1.47 bits per heavy atom. The number of nitrogens with zero attached hydrogens (tertiary/aromatic N) is 2. The van der Waals surface area contributed by atoms with Crippen molar-refractivity contribution < 1.29 is 18.4 Å². The Morgan fingerprint density at radius 2 is 2.24 bits per heavy atom. The highest BCUT2D eigenvalue weighted by molar-refractivity contribution is 9.11. The average molecular weight is 325 g/mol. The first kappa shape index (κ1) is 12.6. The number of alkyl halides is 2. The fourth-order valence-electron chi connectivity index (χ4n) is 1.14. The van der Waals surface area contributed by atoms with Crippen LogP contribution in [-0.4, -0.2) is 27.8 Å². The van der Waals surface area contributed by atoms with E-state index in [1.165, 1.54) is 11.3 Å². The molecule has 0 aliphatic rings. The van der Waals surface area contributed by atoms with Gasteiger partial charge in [-0.2, -0.15) is 4.98 Å². The van der Waals surface area contributed by atoms with Crippen molar-refractivity contribution in [3.8, 4) is 10.7 Å². The average Bonchev–Trinajstić information content (AvgIpc) is 2.86. The van der Waals surface area contributed by atoms with Crippen LogP contribution in [0.4, 0.5) is 8.78 Å². The van der Waals surface area contributed by atoms with Gasteiger partial charge in [-0.3, -0.25) is 0 Å². The summed E-state index contributed by atoms with van der Waals surface area (Å²) in [5, 5.41) is 12.6. The van der Waals surface area contributed by atoms with E-state index in [4.69, 9.17) is 9.63 Å². The van der Waals surface area contributed by atoms with Crippen molar-refractivity contribution in [2.45, 2.75) is 19.0 Å². The van der Waals surface area contributed by atoms with Crippen LogP contribution in [0.2, 0.25) is 0 Å². The molecule has 92 valence electrons. The summed E-state index contributed by atoms with van der Waals surface area (Å²) in [5.41, 5.74) is 0. The van der Waals surface area contributed by atoms with E-state index in [9.17, 15) is 8.78 Å². The van der Waals surface area contributed by atoms with Crippen molar-refractivity contribution in [2.75, 3.05) is 0 Å². The largest absolute Gasteiger partial charge is 0.387 e. The van der Waals surface area contributed by atoms with E-state index in [0.717, 1.165) is 8.66 Å². The minimum Gasteiger partial charge on any atom is -0.387 e. The molecule has 17 heavy (non-hydrogen) atoms. The zero-order chi connectivity index (χ0) is 12.4. The highest BCUT2D eigenvalue weighted by atomic mass is 79.9. The summed E-state index contributed by atoms with van der Waals surface area (Å²) in [5.74, 6) is 0.328. The van der Waals surface area contributed by atoms with Crippen LogP contribution in [0, 0.1) is 0 Å². The molecule has 1 atom stereocenters. The van der Waals surface area contributed by atoms with E-state index in [-0.39, 0.29) is 12.3 Å². The van der Waals surface area contributed by atoms with Crippen LogP contribution in [0.25, 0.3) is 10.7 Å². The molecule has 0 amide bonds. The lowest BCUT2D eigenvalue weighted by Crippen LogP contribution is -2.20. The Morgan fingerprint density at radius 3 is 2.82 bits per heavy atom. The minimum atomic E-state index is -2.82. The van der Waals surface area contributed by atoms with Gasteiger partial charge in [-0.25, -0.2) is 8.78 Å². The van der Waals surface area contributed by atoms with Crippen molar-refractivity contribution in [3.05, 3.63) is 21.8 Å². The maximum atomic E-state index is 12.1. The molecule has 0 aliphatic heterocycles. The number of halogens is 3. The van der Waals surface area contributed by atoms with E-state index >= 15 is 0 Å². The van der Waals surface area contributed by atoms with Crippen molar-refractivity contribution in [1.82, 2.24) is 10.1 Å². The number of aliphatic hydroxyl groups excluding tert-OH is 1. The van der Waals surface area contributed by atoms with Crippen LogP contribution < -0.4 is 0 Å². The summed E-state index contributed by atoms with van der Waals surface area (Å²) in [6.45, 7) is 0. The van der Waals surface area contributed by atoms with Crippen LogP contribution in [-0.2, 0) is 6.42 Å². The maximum absolute atomic E-state index is 12.1. The number of rotatable bonds is 4. The highest BCUT2D eigenvalue weighted by Gasteiger charge is 2.21. The van der Waals surface area contributed by atoms with Crippen LogP contribution in [0.3, 0.4) is 0 Å². The third kappa shape index (κ3) is 3.08. The van der Waals surface area contributed by atoms with Gasteiger partial charge in [-0.05, 0) is 28.1 Å². The lowest BCUT2D eigenvalue weighted by atomic mass is 10.2. The van der Waals surface area contributed by atoms with E-state index in [2.05, 4.69) is 26.1 Å². The molecule has 1 N–H and O–H groups in total. The number of aliphatic hydroxyl groups is 1. The van der Waals surface area contributed by atoms with Gasteiger partial charge in [0.25, 0.3) is 6.43 Å². The predicted octanol–water partition coefficient (Wildman–Crippen LogP) is 2.73. The first-order valence-corrected chi connectivity index (χ1v) is 6.21. The lowest BCUT2D eigenvalue weighted by Gasteiger charge is -2.04. The van der Waals surface area contributed by atoms with Crippen molar-refractivity contribution in [3.63, 3.8) is 0 Å². The van der Waals surface area contributed by atoms with Gasteiger partial charge in [-0.1, -0.05) is 5.16 Å². The molecule has 1 unspecified atom stereocenters. The van der Waals surface area contributed by atoms with Crippen LogP contribution in [0.5, 0.6) is 0 Å². The molecule has 0 spiro atoms. The fraction of sp³-hybridized carbons (Fsp3) is 0.333. The molecule has 0 saturated heterocycles. The second-order valence-corrected chi connectivity index (χ2v) is 5.68. The molecule has 2 heterocycles. The van der Waals surface area contributed by atoms with Crippen molar-refractivity contribution >= 4 is 27.3 Å². The molecule has 2 rings (SSSR count). The van der Waals surface area contributed by atoms with Crippen LogP contribution in [0.1, 0.15) is 5.89 Å². The quantitative estimate of drug-likeness (QED) is 0.939. The molecular weight excluding hydrogens is 318 g/mol. The summed E-state index contributed by atoms with van der Waals surface area (Å²) >= 11 is 4.69. The molecule has 8 heteroatoms. The molecule has 0 fully saturated rings. The molecule has 0 bridgehead atoms. The Kier molecular flexibility index (Phi) is 3.85. The van der Waals surface area contributed by atoms with Gasteiger partial charge in [-0.15, -0.1) is 11.3 Å². The SMILES string of the molecule is OC(Cc1nc(-c2ccc(Br)s2)no1)C(F)F. The molecular formula is C9H7BrF2N2O2S. The summed E-state index contributed by atoms with van der Waals surface area (Å²) in [6.07, 6.45) is -4.95. The standard InChI is InChI=1S/C9H7BrF2N2O2S/c10-6-2-1-5(17-6)9-13-7(16-14-9)3-4(15)8(11)12/h1-2,4,8,15H,3H2. The molecule has 0 radical (unpaired) electrons. The minimum absolute atomic E-state index is 0.00248. The van der Waals surface area contributed by atoms with Gasteiger partial charge in [0, 0.05) is 0 Å². The monoisotopic (exact) mass is 324 g/mol. The van der Waals surface area contributed by atoms with Gasteiger partial charge in [0.1, 0.15) is 6.10 Å². The predicted molar refractivity (Wildman–Crippen MR) is 61.0 cm³/mol. The Bertz CT molecular complexity index is 503. The first-order chi connectivity index (χ1) is 8.06. The molecule has 0 aromatic carbocycles. The normalized spacial score (nSPS) is 13.2. The number of thiophene rings is 1. The topological polar surface area (TPSA) is 59.2 Å². The summed E-state index contributed by atoms with van der Waals surface area (Å²) in [7, 11) is 0. The Balaban J connectivity index is 2.11. The summed E-state index contributed by atoms with van der Waals surface area (Å²) < 4.78 is 29.9. The van der Waals surface area contributed by atoms with Gasteiger partial charge >= 0.3 is 0 Å². The molecule has 0 saturated carbocycles. The van der Waals surface area contributed by atoms with E-state index in [0.29, 0.717) is 5.82 Å². The molecule has 2 aromatic heterocycles. The summed E-state index contributed by atoms with van der Waals surface area (Å²) in [6, 6.07) is 3.61. The maximum Gasteiger partial charge on any atom is 0.264 e. The third-order valence-electron chi connectivity index (χ3n) is 1.94. The van der Waals surface area contributed by atoms with Crippen molar-refractivity contribution in [1.29, 1.82) is 0 Å². The number of hydrogen-bond donors (Lipinski definition) is 1. The van der Waals surface area contributed by atoms with E-state index < -0.39 is 12.5 Å². The first-order valence-electron chi connectivity index (χ1n) is 4.61. The lowest BCUT2D eigenvalue weighted by molar-refractivity contribution is -0.00754. The van der Waals surface area contributed by atoms with Gasteiger partial charge in [0.2, 0.25) is 11.7 Å². The van der Waals surface area contributed by atoms with E-state index in [1.54, 1.807) is 6.07 Å². The smallest absolute Gasteiger partial charge is 0.264 e. The van der Waals surface area contributed by atoms with Crippen LogP contribution in [0.15, 0.2) is 20.4 Å².